The summed E-state index contributed by atoms with van der Waals surface area (Å²) in [6, 6.07) is 4.23. The van der Waals surface area contributed by atoms with Crippen LogP contribution in [0.4, 0.5) is 0 Å². The van der Waals surface area contributed by atoms with Crippen molar-refractivity contribution >= 4 is 0 Å². The number of rotatable bonds is 4. The molecule has 2 aromatic heterocycles. The Morgan fingerprint density at radius 1 is 1.50 bits per heavy atom. The molecule has 16 heavy (non-hydrogen) atoms. The van der Waals surface area contributed by atoms with Gasteiger partial charge in [0.25, 0.3) is 0 Å². The fourth-order valence-corrected chi connectivity index (χ4v) is 1.67. The van der Waals surface area contributed by atoms with Gasteiger partial charge in [-0.05, 0) is 18.7 Å². The maximum absolute atomic E-state index is 4.12. The highest BCUT2D eigenvalue weighted by molar-refractivity contribution is 5.16. The fourth-order valence-electron chi connectivity index (χ4n) is 1.67. The average Bonchev–Trinajstić information content (AvgIpc) is 2.73. The molecule has 0 amide bonds. The Labute approximate surface area is 94.5 Å². The van der Waals surface area contributed by atoms with Crippen LogP contribution in [-0.4, -0.2) is 27.0 Å². The largest absolute Gasteiger partial charge is 0.313 e. The minimum atomic E-state index is 0.227. The summed E-state index contributed by atoms with van der Waals surface area (Å²) in [4.78, 5) is 4.12. The van der Waals surface area contributed by atoms with Crippen molar-refractivity contribution in [3.8, 4) is 0 Å². The summed E-state index contributed by atoms with van der Waals surface area (Å²) in [5.74, 6) is 0. The molecule has 0 aromatic carbocycles. The SMILES string of the molecule is CNC(Cc1cn(C)nn1)c1cccnc1. The predicted molar refractivity (Wildman–Crippen MR) is 60.7 cm³/mol. The third kappa shape index (κ3) is 2.43. The van der Waals surface area contributed by atoms with Crippen LogP contribution in [0.25, 0.3) is 0 Å². The van der Waals surface area contributed by atoms with Gasteiger partial charge in [-0.25, -0.2) is 0 Å². The monoisotopic (exact) mass is 217 g/mol. The lowest BCUT2D eigenvalue weighted by molar-refractivity contribution is 0.581. The van der Waals surface area contributed by atoms with Crippen LogP contribution in [0, 0.1) is 0 Å². The van der Waals surface area contributed by atoms with Gasteiger partial charge in [-0.2, -0.15) is 0 Å². The number of pyridine rings is 1. The second-order valence-corrected chi connectivity index (χ2v) is 3.72. The molecule has 0 spiro atoms. The molecule has 1 atom stereocenters. The van der Waals surface area contributed by atoms with Crippen LogP contribution in [0.5, 0.6) is 0 Å². The molecule has 5 heteroatoms. The molecule has 2 rings (SSSR count). The topological polar surface area (TPSA) is 55.6 Å². The van der Waals surface area contributed by atoms with Gasteiger partial charge in [0.2, 0.25) is 0 Å². The first-order chi connectivity index (χ1) is 7.79. The summed E-state index contributed by atoms with van der Waals surface area (Å²) in [7, 11) is 3.81. The van der Waals surface area contributed by atoms with Crippen LogP contribution in [0.3, 0.4) is 0 Å². The number of likely N-dealkylation sites (N-methyl/N-ethyl adjacent to an activating group) is 1. The summed E-state index contributed by atoms with van der Waals surface area (Å²) < 4.78 is 1.71. The quantitative estimate of drug-likeness (QED) is 0.819. The molecule has 84 valence electrons. The molecule has 0 aliphatic rings. The minimum absolute atomic E-state index is 0.227. The van der Waals surface area contributed by atoms with Crippen molar-refractivity contribution in [3.63, 3.8) is 0 Å². The Balaban J connectivity index is 2.12. The normalized spacial score (nSPS) is 12.6. The van der Waals surface area contributed by atoms with Crippen LogP contribution in [-0.2, 0) is 13.5 Å². The van der Waals surface area contributed by atoms with Crippen molar-refractivity contribution in [2.24, 2.45) is 7.05 Å². The van der Waals surface area contributed by atoms with Crippen molar-refractivity contribution in [2.75, 3.05) is 7.05 Å². The maximum atomic E-state index is 4.12. The van der Waals surface area contributed by atoms with E-state index in [4.69, 9.17) is 0 Å². The van der Waals surface area contributed by atoms with E-state index in [1.165, 1.54) is 0 Å². The fraction of sp³-hybridized carbons (Fsp3) is 0.364. The molecule has 0 saturated heterocycles. The molecule has 0 bridgehead atoms. The van der Waals surface area contributed by atoms with Crippen LogP contribution < -0.4 is 5.32 Å². The number of hydrogen-bond donors (Lipinski definition) is 1. The van der Waals surface area contributed by atoms with Crippen LogP contribution in [0.15, 0.2) is 30.7 Å². The first-order valence-corrected chi connectivity index (χ1v) is 5.22. The minimum Gasteiger partial charge on any atom is -0.313 e. The number of hydrogen-bond acceptors (Lipinski definition) is 4. The highest BCUT2D eigenvalue weighted by atomic mass is 15.4. The second-order valence-electron chi connectivity index (χ2n) is 3.72. The Morgan fingerprint density at radius 2 is 2.38 bits per heavy atom. The van der Waals surface area contributed by atoms with Gasteiger partial charge < -0.3 is 5.32 Å². The molecule has 2 aromatic rings. The van der Waals surface area contributed by atoms with Gasteiger partial charge in [-0.15, -0.1) is 5.10 Å². The molecule has 1 N–H and O–H groups in total. The zero-order valence-electron chi connectivity index (χ0n) is 9.46. The summed E-state index contributed by atoms with van der Waals surface area (Å²) in [5, 5.41) is 11.3. The molecular weight excluding hydrogens is 202 g/mol. The van der Waals surface area contributed by atoms with E-state index >= 15 is 0 Å². The number of nitrogens with one attached hydrogen (secondary N) is 1. The Morgan fingerprint density at radius 3 is 2.94 bits per heavy atom. The summed E-state index contributed by atoms with van der Waals surface area (Å²) in [6.07, 6.45) is 6.40. The zero-order valence-corrected chi connectivity index (χ0v) is 9.46. The first-order valence-electron chi connectivity index (χ1n) is 5.22. The van der Waals surface area contributed by atoms with E-state index in [2.05, 4.69) is 26.7 Å². The molecule has 0 radical (unpaired) electrons. The number of aryl methyl sites for hydroxylation is 1. The summed E-state index contributed by atoms with van der Waals surface area (Å²) >= 11 is 0. The van der Waals surface area contributed by atoms with Gasteiger partial charge >= 0.3 is 0 Å². The van der Waals surface area contributed by atoms with Crippen molar-refractivity contribution in [1.29, 1.82) is 0 Å². The molecule has 2 heterocycles. The van der Waals surface area contributed by atoms with Gasteiger partial charge in [0.05, 0.1) is 5.69 Å². The van der Waals surface area contributed by atoms with Gasteiger partial charge in [0, 0.05) is 38.1 Å². The van der Waals surface area contributed by atoms with Crippen molar-refractivity contribution in [2.45, 2.75) is 12.5 Å². The molecule has 0 aliphatic heterocycles. The Hall–Kier alpha value is -1.75. The molecule has 0 fully saturated rings. The smallest absolute Gasteiger partial charge is 0.0845 e. The molecule has 1 unspecified atom stereocenters. The third-order valence-corrected chi connectivity index (χ3v) is 2.50. The Bertz CT molecular complexity index is 437. The maximum Gasteiger partial charge on any atom is 0.0845 e. The van der Waals surface area contributed by atoms with Crippen LogP contribution in [0.1, 0.15) is 17.3 Å². The van der Waals surface area contributed by atoms with Crippen LogP contribution >= 0.6 is 0 Å². The number of aromatic nitrogens is 4. The molecule has 0 saturated carbocycles. The van der Waals surface area contributed by atoms with E-state index in [0.717, 1.165) is 17.7 Å². The van der Waals surface area contributed by atoms with E-state index in [1.54, 1.807) is 10.9 Å². The van der Waals surface area contributed by atoms with Gasteiger partial charge in [-0.1, -0.05) is 11.3 Å². The first kappa shape index (κ1) is 10.8. The lowest BCUT2D eigenvalue weighted by Gasteiger charge is -2.14. The average molecular weight is 217 g/mol. The van der Waals surface area contributed by atoms with E-state index in [-0.39, 0.29) is 6.04 Å². The van der Waals surface area contributed by atoms with Gasteiger partial charge in [0.15, 0.2) is 0 Å². The third-order valence-electron chi connectivity index (χ3n) is 2.50. The predicted octanol–water partition coefficient (Wildman–Crippen LogP) is 0.713. The lowest BCUT2D eigenvalue weighted by atomic mass is 10.0. The van der Waals surface area contributed by atoms with Crippen molar-refractivity contribution in [1.82, 2.24) is 25.3 Å². The van der Waals surface area contributed by atoms with Gasteiger partial charge in [-0.3, -0.25) is 9.67 Å². The highest BCUT2D eigenvalue weighted by Crippen LogP contribution is 2.15. The van der Waals surface area contributed by atoms with E-state index in [0.29, 0.717) is 0 Å². The lowest BCUT2D eigenvalue weighted by Crippen LogP contribution is -2.19. The summed E-state index contributed by atoms with van der Waals surface area (Å²) in [6.45, 7) is 0. The van der Waals surface area contributed by atoms with E-state index in [1.807, 2.05) is 32.6 Å². The van der Waals surface area contributed by atoms with Crippen molar-refractivity contribution in [3.05, 3.63) is 42.0 Å². The highest BCUT2D eigenvalue weighted by Gasteiger charge is 2.11. The standard InChI is InChI=1S/C11H15N5/c1-12-11(9-4-3-5-13-7-9)6-10-8-16(2)15-14-10/h3-5,7-8,11-12H,6H2,1-2H3. The Kier molecular flexibility index (Phi) is 3.26. The molecule has 5 nitrogen and oxygen atoms in total. The van der Waals surface area contributed by atoms with E-state index in [9.17, 15) is 0 Å². The second kappa shape index (κ2) is 4.85. The zero-order chi connectivity index (χ0) is 11.4. The molecule has 0 aliphatic carbocycles. The van der Waals surface area contributed by atoms with Crippen molar-refractivity contribution < 1.29 is 0 Å². The molecular formula is C11H15N5. The van der Waals surface area contributed by atoms with Crippen LogP contribution in [0.2, 0.25) is 0 Å². The summed E-state index contributed by atoms with van der Waals surface area (Å²) in [5.41, 5.74) is 2.14. The number of nitrogens with zero attached hydrogens (tertiary/aromatic N) is 4. The van der Waals surface area contributed by atoms with Gasteiger partial charge in [0.1, 0.15) is 0 Å². The van der Waals surface area contributed by atoms with E-state index < -0.39 is 0 Å².